The molecule has 0 unspecified atom stereocenters. The Morgan fingerprint density at radius 1 is 1.30 bits per heavy atom. The van der Waals surface area contributed by atoms with Gasteiger partial charge in [-0.3, -0.25) is 14.4 Å². The molecule has 1 aliphatic carbocycles. The van der Waals surface area contributed by atoms with Gasteiger partial charge in [-0.2, -0.15) is 13.9 Å². The molecular weight excluding hydrogens is 493 g/mol. The van der Waals surface area contributed by atoms with Crippen LogP contribution < -0.4 is 10.6 Å². The summed E-state index contributed by atoms with van der Waals surface area (Å²) in [6, 6.07) is 3.38. The van der Waals surface area contributed by atoms with Crippen molar-refractivity contribution < 1.29 is 27.4 Å². The number of rotatable bonds is 9. The molecule has 3 atom stereocenters. The third-order valence-electron chi connectivity index (χ3n) is 6.44. The van der Waals surface area contributed by atoms with Crippen LogP contribution in [-0.2, 0) is 16.0 Å². The standard InChI is InChI=1S/C23H29F3N8O3/c1-12(2)28-23(35)37-17-4-3-15(20(17)24)16-7-18(32-31-16)30-22-27-6-5-19-29-13(9-34(19)22)8-33-10-14(11-33)36-21(25)26/h5-7,9,12,14-15,17,20-21H,3-4,8,10-11H2,1-2H3,(H,28,35)(H2,27,30,31,32)/t15-,17-,20+/m0/s1. The summed E-state index contributed by atoms with van der Waals surface area (Å²) < 4.78 is 51.2. The predicted molar refractivity (Wildman–Crippen MR) is 126 cm³/mol. The van der Waals surface area contributed by atoms with Gasteiger partial charge in [0.1, 0.15) is 17.9 Å². The molecule has 11 nitrogen and oxygen atoms in total. The van der Waals surface area contributed by atoms with Crippen molar-refractivity contribution in [2.45, 2.75) is 70.2 Å². The molecule has 0 radical (unpaired) electrons. The number of likely N-dealkylation sites (tertiary alicyclic amines) is 1. The van der Waals surface area contributed by atoms with Gasteiger partial charge in [0.15, 0.2) is 5.82 Å². The zero-order chi connectivity index (χ0) is 26.1. The van der Waals surface area contributed by atoms with Crippen LogP contribution in [0.3, 0.4) is 0 Å². The number of nitrogens with one attached hydrogen (secondary N) is 3. The largest absolute Gasteiger partial charge is 0.443 e. The number of imidazole rings is 1. The van der Waals surface area contributed by atoms with Crippen molar-refractivity contribution in [3.05, 3.63) is 35.9 Å². The Hall–Kier alpha value is -3.39. The molecule has 1 aliphatic heterocycles. The van der Waals surface area contributed by atoms with E-state index < -0.39 is 37.0 Å². The van der Waals surface area contributed by atoms with Crippen LogP contribution in [-0.4, -0.2) is 79.7 Å². The number of hydrogen-bond donors (Lipinski definition) is 3. The number of carbonyl (C=O) groups excluding carboxylic acids is 1. The maximum absolute atomic E-state index is 15.1. The van der Waals surface area contributed by atoms with E-state index in [9.17, 15) is 13.6 Å². The topological polar surface area (TPSA) is 122 Å². The lowest BCUT2D eigenvalue weighted by Gasteiger charge is -2.37. The molecule has 37 heavy (non-hydrogen) atoms. The van der Waals surface area contributed by atoms with Crippen LogP contribution in [0.4, 0.5) is 29.7 Å². The van der Waals surface area contributed by atoms with E-state index >= 15 is 4.39 Å². The predicted octanol–water partition coefficient (Wildman–Crippen LogP) is 3.34. The number of amides is 1. The molecule has 4 heterocycles. The number of nitrogens with zero attached hydrogens (tertiary/aromatic N) is 5. The Balaban J connectivity index is 1.21. The smallest absolute Gasteiger partial charge is 0.407 e. The lowest BCUT2D eigenvalue weighted by atomic mass is 10.0. The zero-order valence-electron chi connectivity index (χ0n) is 20.4. The normalized spacial score (nSPS) is 22.6. The molecule has 1 amide bonds. The Morgan fingerprint density at radius 2 is 2.11 bits per heavy atom. The summed E-state index contributed by atoms with van der Waals surface area (Å²) in [5.41, 5.74) is 2.01. The van der Waals surface area contributed by atoms with Crippen LogP contribution in [0, 0.1) is 0 Å². The van der Waals surface area contributed by atoms with Crippen molar-refractivity contribution in [3.8, 4) is 0 Å². The first-order valence-electron chi connectivity index (χ1n) is 12.2. The van der Waals surface area contributed by atoms with Crippen LogP contribution in [0.2, 0.25) is 0 Å². The molecule has 200 valence electrons. The molecule has 3 aromatic rings. The van der Waals surface area contributed by atoms with E-state index in [2.05, 4.69) is 35.5 Å². The average Bonchev–Trinajstić information content (AvgIpc) is 3.51. The molecule has 1 saturated heterocycles. The van der Waals surface area contributed by atoms with Gasteiger partial charge in [-0.1, -0.05) is 0 Å². The fourth-order valence-corrected chi connectivity index (χ4v) is 4.73. The van der Waals surface area contributed by atoms with Crippen molar-refractivity contribution in [3.63, 3.8) is 0 Å². The number of alkyl carbamates (subject to hydrolysis) is 1. The first-order valence-corrected chi connectivity index (χ1v) is 12.2. The third kappa shape index (κ3) is 5.80. The lowest BCUT2D eigenvalue weighted by Crippen LogP contribution is -2.52. The van der Waals surface area contributed by atoms with Gasteiger partial charge in [0.2, 0.25) is 5.95 Å². The van der Waals surface area contributed by atoms with E-state index in [0.29, 0.717) is 55.6 Å². The van der Waals surface area contributed by atoms with E-state index in [4.69, 9.17) is 4.74 Å². The maximum Gasteiger partial charge on any atom is 0.407 e. The van der Waals surface area contributed by atoms with Crippen LogP contribution >= 0.6 is 0 Å². The Kier molecular flexibility index (Phi) is 7.20. The molecule has 2 fully saturated rings. The van der Waals surface area contributed by atoms with Crippen LogP contribution in [0.5, 0.6) is 0 Å². The monoisotopic (exact) mass is 522 g/mol. The van der Waals surface area contributed by atoms with Crippen LogP contribution in [0.1, 0.15) is 44.0 Å². The SMILES string of the molecule is CC(C)NC(=O)O[C@H]1CC[C@@H](c2cc(Nc3nccc4nc(CN5CC(OC(F)F)C5)cn34)n[nH]2)[C@H]1F. The highest BCUT2D eigenvalue weighted by Crippen LogP contribution is 2.38. The van der Waals surface area contributed by atoms with Crippen LogP contribution in [0.15, 0.2) is 24.5 Å². The molecule has 14 heteroatoms. The van der Waals surface area contributed by atoms with E-state index in [1.807, 2.05) is 11.1 Å². The Bertz CT molecular complexity index is 1230. The summed E-state index contributed by atoms with van der Waals surface area (Å²) in [6.07, 6.45) is 1.11. The van der Waals surface area contributed by atoms with Crippen molar-refractivity contribution in [2.75, 3.05) is 18.4 Å². The third-order valence-corrected chi connectivity index (χ3v) is 6.44. The summed E-state index contributed by atoms with van der Waals surface area (Å²) >= 11 is 0. The average molecular weight is 523 g/mol. The molecule has 1 saturated carbocycles. The number of ether oxygens (including phenoxy) is 2. The summed E-state index contributed by atoms with van der Waals surface area (Å²) in [7, 11) is 0. The fourth-order valence-electron chi connectivity index (χ4n) is 4.73. The summed E-state index contributed by atoms with van der Waals surface area (Å²) in [4.78, 5) is 22.8. The number of H-pyrrole nitrogens is 1. The minimum absolute atomic E-state index is 0.0933. The summed E-state index contributed by atoms with van der Waals surface area (Å²) in [5, 5.41) is 12.9. The number of alkyl halides is 3. The van der Waals surface area contributed by atoms with Gasteiger partial charge in [-0.25, -0.2) is 19.2 Å². The highest BCUT2D eigenvalue weighted by molar-refractivity contribution is 5.67. The molecular formula is C23H29F3N8O3. The minimum Gasteiger partial charge on any atom is -0.443 e. The molecule has 2 aliphatic rings. The number of aromatic nitrogens is 5. The highest BCUT2D eigenvalue weighted by atomic mass is 19.3. The van der Waals surface area contributed by atoms with Gasteiger partial charge in [0.25, 0.3) is 0 Å². The molecule has 0 bridgehead atoms. The van der Waals surface area contributed by atoms with E-state index in [1.54, 1.807) is 36.6 Å². The molecule has 3 N–H and O–H groups in total. The van der Waals surface area contributed by atoms with Crippen molar-refractivity contribution >= 4 is 23.5 Å². The van der Waals surface area contributed by atoms with Crippen LogP contribution in [0.25, 0.3) is 5.65 Å². The molecule has 3 aromatic heterocycles. The number of anilines is 2. The van der Waals surface area contributed by atoms with Gasteiger partial charge in [-0.15, -0.1) is 0 Å². The Labute approximate surface area is 210 Å². The van der Waals surface area contributed by atoms with E-state index in [1.165, 1.54) is 0 Å². The van der Waals surface area contributed by atoms with Gasteiger partial charge < -0.3 is 20.1 Å². The number of fused-ring (bicyclic) bond motifs is 1. The molecule has 5 rings (SSSR count). The second-order valence-electron chi connectivity index (χ2n) is 9.65. The minimum atomic E-state index is -2.76. The van der Waals surface area contributed by atoms with Crippen molar-refractivity contribution in [2.24, 2.45) is 0 Å². The zero-order valence-corrected chi connectivity index (χ0v) is 20.4. The van der Waals surface area contributed by atoms with Gasteiger partial charge in [-0.05, 0) is 32.8 Å². The van der Waals surface area contributed by atoms with E-state index in [0.717, 1.165) is 5.69 Å². The van der Waals surface area contributed by atoms with Gasteiger partial charge in [0.05, 0.1) is 11.8 Å². The number of halogens is 3. The fraction of sp³-hybridized carbons (Fsp3) is 0.565. The van der Waals surface area contributed by atoms with Crippen molar-refractivity contribution in [1.29, 1.82) is 0 Å². The summed E-state index contributed by atoms with van der Waals surface area (Å²) in [6.45, 7) is 2.18. The lowest BCUT2D eigenvalue weighted by molar-refractivity contribution is -0.197. The first kappa shape index (κ1) is 25.3. The maximum atomic E-state index is 15.1. The number of carbonyl (C=O) groups is 1. The second-order valence-corrected chi connectivity index (χ2v) is 9.65. The Morgan fingerprint density at radius 3 is 2.86 bits per heavy atom. The van der Waals surface area contributed by atoms with Gasteiger partial charge >= 0.3 is 12.7 Å². The molecule has 0 spiro atoms. The number of hydrogen-bond acceptors (Lipinski definition) is 8. The highest BCUT2D eigenvalue weighted by Gasteiger charge is 2.41. The van der Waals surface area contributed by atoms with Crippen molar-refractivity contribution in [1.82, 2.24) is 34.8 Å². The second kappa shape index (κ2) is 10.5. The molecule has 0 aromatic carbocycles. The first-order chi connectivity index (χ1) is 17.7. The quantitative estimate of drug-likeness (QED) is 0.391. The van der Waals surface area contributed by atoms with Gasteiger partial charge in [0, 0.05) is 55.7 Å². The van der Waals surface area contributed by atoms with E-state index in [-0.39, 0.29) is 6.04 Å². The number of aromatic amines is 1. The summed E-state index contributed by atoms with van der Waals surface area (Å²) in [5.74, 6) is 0.443.